The van der Waals surface area contributed by atoms with Gasteiger partial charge in [0, 0.05) is 17.5 Å². The average Bonchev–Trinajstić information content (AvgIpc) is 2.97. The minimum atomic E-state index is -0.0598. The second kappa shape index (κ2) is 6.12. The molecule has 1 unspecified atom stereocenters. The topological polar surface area (TPSA) is 54.7 Å². The van der Waals surface area contributed by atoms with Crippen LogP contribution in [0.2, 0.25) is 5.02 Å². The summed E-state index contributed by atoms with van der Waals surface area (Å²) in [6.07, 6.45) is 2.51. The van der Waals surface area contributed by atoms with Crippen molar-refractivity contribution < 1.29 is 0 Å². The van der Waals surface area contributed by atoms with Gasteiger partial charge >= 0.3 is 0 Å². The molecule has 0 fully saturated rings. The molecule has 1 aromatic heterocycles. The molecule has 3 aromatic rings. The highest BCUT2D eigenvalue weighted by atomic mass is 35.5. The van der Waals surface area contributed by atoms with Crippen molar-refractivity contribution in [3.8, 4) is 11.3 Å². The van der Waals surface area contributed by atoms with Crippen LogP contribution in [0.3, 0.4) is 0 Å². The number of aromatic nitrogens is 2. The number of halogens is 1. The molecule has 1 atom stereocenters. The van der Waals surface area contributed by atoms with Gasteiger partial charge in [0.15, 0.2) is 0 Å². The van der Waals surface area contributed by atoms with Gasteiger partial charge in [-0.1, -0.05) is 54.1 Å². The van der Waals surface area contributed by atoms with Crippen molar-refractivity contribution in [2.45, 2.75) is 12.5 Å². The van der Waals surface area contributed by atoms with E-state index in [-0.39, 0.29) is 6.04 Å². The zero-order chi connectivity index (χ0) is 14.7. The molecule has 0 aliphatic rings. The van der Waals surface area contributed by atoms with Gasteiger partial charge in [-0.3, -0.25) is 0 Å². The van der Waals surface area contributed by atoms with E-state index in [0.29, 0.717) is 6.42 Å². The molecule has 21 heavy (non-hydrogen) atoms. The van der Waals surface area contributed by atoms with Crippen LogP contribution in [-0.2, 0) is 6.42 Å². The minimum absolute atomic E-state index is 0.0598. The number of hydrogen-bond donors (Lipinski definition) is 2. The van der Waals surface area contributed by atoms with Crippen molar-refractivity contribution in [2.24, 2.45) is 5.73 Å². The average molecular weight is 298 g/mol. The van der Waals surface area contributed by atoms with Crippen LogP contribution in [0.4, 0.5) is 0 Å². The summed E-state index contributed by atoms with van der Waals surface area (Å²) in [6, 6.07) is 17.7. The first-order valence-corrected chi connectivity index (χ1v) is 7.20. The van der Waals surface area contributed by atoms with E-state index in [2.05, 4.69) is 9.97 Å². The second-order valence-electron chi connectivity index (χ2n) is 4.97. The van der Waals surface area contributed by atoms with Crippen molar-refractivity contribution in [3.63, 3.8) is 0 Å². The number of rotatable bonds is 4. The summed E-state index contributed by atoms with van der Waals surface area (Å²) in [5.41, 5.74) is 9.37. The molecule has 0 aliphatic heterocycles. The molecule has 106 valence electrons. The molecule has 1 heterocycles. The number of hydrogen-bond acceptors (Lipinski definition) is 2. The fraction of sp³-hybridized carbons (Fsp3) is 0.118. The smallest absolute Gasteiger partial charge is 0.108 e. The van der Waals surface area contributed by atoms with Gasteiger partial charge in [-0.2, -0.15) is 0 Å². The van der Waals surface area contributed by atoms with Crippen LogP contribution in [0, 0.1) is 0 Å². The summed E-state index contributed by atoms with van der Waals surface area (Å²) < 4.78 is 0. The fourth-order valence-electron chi connectivity index (χ4n) is 2.27. The Balaban J connectivity index is 1.75. The monoisotopic (exact) mass is 297 g/mol. The normalized spacial score (nSPS) is 12.3. The summed E-state index contributed by atoms with van der Waals surface area (Å²) in [7, 11) is 0. The predicted octanol–water partition coefficient (Wildman–Crippen LogP) is 3.97. The van der Waals surface area contributed by atoms with E-state index in [1.807, 2.05) is 60.8 Å². The quantitative estimate of drug-likeness (QED) is 0.765. The Morgan fingerprint density at radius 2 is 1.76 bits per heavy atom. The fourth-order valence-corrected chi connectivity index (χ4v) is 2.39. The first-order chi connectivity index (χ1) is 10.2. The zero-order valence-electron chi connectivity index (χ0n) is 11.5. The van der Waals surface area contributed by atoms with Crippen molar-refractivity contribution in [3.05, 3.63) is 77.2 Å². The molecule has 0 spiro atoms. The summed E-state index contributed by atoms with van der Waals surface area (Å²) >= 11 is 5.90. The van der Waals surface area contributed by atoms with Gasteiger partial charge < -0.3 is 10.7 Å². The molecule has 0 bridgehead atoms. The molecule has 3 rings (SSSR count). The number of nitrogens with one attached hydrogen (secondary N) is 1. The van der Waals surface area contributed by atoms with Crippen LogP contribution in [0.15, 0.2) is 60.8 Å². The van der Waals surface area contributed by atoms with E-state index in [1.54, 1.807) is 0 Å². The number of imidazole rings is 1. The molecular formula is C17H16ClN3. The highest BCUT2D eigenvalue weighted by Crippen LogP contribution is 2.21. The summed E-state index contributed by atoms with van der Waals surface area (Å²) in [5, 5.41) is 0.726. The number of nitrogens with two attached hydrogens (primary N) is 1. The van der Waals surface area contributed by atoms with Crippen LogP contribution >= 0.6 is 11.6 Å². The third-order valence-corrected chi connectivity index (χ3v) is 3.68. The van der Waals surface area contributed by atoms with Gasteiger partial charge in [0.2, 0.25) is 0 Å². The van der Waals surface area contributed by atoms with Crippen LogP contribution < -0.4 is 5.73 Å². The molecule has 0 amide bonds. The lowest BCUT2D eigenvalue weighted by molar-refractivity contribution is 0.695. The predicted molar refractivity (Wildman–Crippen MR) is 86.1 cm³/mol. The van der Waals surface area contributed by atoms with E-state index >= 15 is 0 Å². The third-order valence-electron chi connectivity index (χ3n) is 3.42. The Kier molecular flexibility index (Phi) is 4.04. The molecule has 3 N–H and O–H groups in total. The molecular weight excluding hydrogens is 282 g/mol. The molecule has 0 saturated carbocycles. The van der Waals surface area contributed by atoms with Crippen LogP contribution in [0.1, 0.15) is 17.4 Å². The molecule has 3 nitrogen and oxygen atoms in total. The number of benzene rings is 2. The number of nitrogens with zero attached hydrogens (tertiary/aromatic N) is 1. The van der Waals surface area contributed by atoms with E-state index in [0.717, 1.165) is 27.7 Å². The second-order valence-corrected chi connectivity index (χ2v) is 5.41. The Labute approximate surface area is 128 Å². The van der Waals surface area contributed by atoms with Crippen molar-refractivity contribution >= 4 is 11.6 Å². The van der Waals surface area contributed by atoms with Crippen molar-refractivity contribution in [2.75, 3.05) is 0 Å². The van der Waals surface area contributed by atoms with Gasteiger partial charge in [0.25, 0.3) is 0 Å². The Morgan fingerprint density at radius 1 is 1.05 bits per heavy atom. The SMILES string of the molecule is NC(Cc1ncc(-c2ccc(Cl)cc2)[nH]1)c1ccccc1. The lowest BCUT2D eigenvalue weighted by Gasteiger charge is -2.09. The van der Waals surface area contributed by atoms with Crippen molar-refractivity contribution in [1.29, 1.82) is 0 Å². The first kappa shape index (κ1) is 13.9. The third kappa shape index (κ3) is 3.32. The Morgan fingerprint density at radius 3 is 2.48 bits per heavy atom. The van der Waals surface area contributed by atoms with E-state index < -0.39 is 0 Å². The van der Waals surface area contributed by atoms with Gasteiger partial charge in [-0.15, -0.1) is 0 Å². The van der Waals surface area contributed by atoms with E-state index in [9.17, 15) is 0 Å². The molecule has 0 aliphatic carbocycles. The van der Waals surface area contributed by atoms with Gasteiger partial charge in [-0.05, 0) is 23.3 Å². The highest BCUT2D eigenvalue weighted by Gasteiger charge is 2.10. The van der Waals surface area contributed by atoms with Crippen molar-refractivity contribution in [1.82, 2.24) is 9.97 Å². The van der Waals surface area contributed by atoms with E-state index in [4.69, 9.17) is 17.3 Å². The zero-order valence-corrected chi connectivity index (χ0v) is 12.2. The highest BCUT2D eigenvalue weighted by molar-refractivity contribution is 6.30. The summed E-state index contributed by atoms with van der Waals surface area (Å²) in [6.45, 7) is 0. The molecule has 4 heteroatoms. The number of aromatic amines is 1. The maximum atomic E-state index is 6.22. The van der Waals surface area contributed by atoms with E-state index in [1.165, 1.54) is 0 Å². The number of H-pyrrole nitrogens is 1. The van der Waals surface area contributed by atoms with Crippen LogP contribution in [0.25, 0.3) is 11.3 Å². The first-order valence-electron chi connectivity index (χ1n) is 6.83. The lowest BCUT2D eigenvalue weighted by atomic mass is 10.0. The standard InChI is InChI=1S/C17H16ClN3/c18-14-8-6-13(7-9-14)16-11-20-17(21-16)10-15(19)12-4-2-1-3-5-12/h1-9,11,15H,10,19H2,(H,20,21). The Hall–Kier alpha value is -2.10. The summed E-state index contributed by atoms with van der Waals surface area (Å²) in [5.74, 6) is 0.885. The lowest BCUT2D eigenvalue weighted by Crippen LogP contribution is -2.13. The summed E-state index contributed by atoms with van der Waals surface area (Å²) in [4.78, 5) is 7.73. The molecule has 0 radical (unpaired) electrons. The minimum Gasteiger partial charge on any atom is -0.342 e. The molecule has 2 aromatic carbocycles. The van der Waals surface area contributed by atoms with Crippen LogP contribution in [-0.4, -0.2) is 9.97 Å². The van der Waals surface area contributed by atoms with Gasteiger partial charge in [-0.25, -0.2) is 4.98 Å². The maximum Gasteiger partial charge on any atom is 0.108 e. The van der Waals surface area contributed by atoms with Crippen LogP contribution in [0.5, 0.6) is 0 Å². The maximum absolute atomic E-state index is 6.22. The largest absolute Gasteiger partial charge is 0.342 e. The van der Waals surface area contributed by atoms with Gasteiger partial charge in [0.1, 0.15) is 5.82 Å². The Bertz CT molecular complexity index is 704. The van der Waals surface area contributed by atoms with Gasteiger partial charge in [0.05, 0.1) is 11.9 Å². The molecule has 0 saturated heterocycles.